The van der Waals surface area contributed by atoms with Gasteiger partial charge >= 0.3 is 0 Å². The molecule has 0 saturated heterocycles. The van der Waals surface area contributed by atoms with Crippen LogP contribution >= 0.6 is 23.4 Å². The molecule has 3 nitrogen and oxygen atoms in total. The van der Waals surface area contributed by atoms with Gasteiger partial charge in [-0.05, 0) is 36.8 Å². The van der Waals surface area contributed by atoms with Gasteiger partial charge in [0.25, 0.3) is 0 Å². The Morgan fingerprint density at radius 1 is 1.53 bits per heavy atom. The van der Waals surface area contributed by atoms with Gasteiger partial charge in [0.2, 0.25) is 5.91 Å². The average Bonchev–Trinajstić information content (AvgIpc) is 2.38. The summed E-state index contributed by atoms with van der Waals surface area (Å²) in [6.07, 6.45) is 2.59. The lowest BCUT2D eigenvalue weighted by Gasteiger charge is -2.09. The standard InChI is InChI=1S/C14H21ClN2OS/c1-3-10(2)19-8-4-5-14(18)17-11-6-7-12(15)13(16)9-11/h6-7,9-10H,3-5,8,16H2,1-2H3,(H,17,18). The Morgan fingerprint density at radius 2 is 2.26 bits per heavy atom. The molecule has 1 atom stereocenters. The topological polar surface area (TPSA) is 55.1 Å². The normalized spacial score (nSPS) is 12.2. The molecule has 5 heteroatoms. The van der Waals surface area contributed by atoms with Gasteiger partial charge in [0, 0.05) is 17.4 Å². The van der Waals surface area contributed by atoms with Crippen LogP contribution in [0.15, 0.2) is 18.2 Å². The molecule has 3 N–H and O–H groups in total. The number of halogens is 1. The first-order valence-corrected chi connectivity index (χ1v) is 7.92. The monoisotopic (exact) mass is 300 g/mol. The van der Waals surface area contributed by atoms with E-state index in [1.165, 1.54) is 6.42 Å². The molecule has 0 aliphatic carbocycles. The molecular weight excluding hydrogens is 280 g/mol. The molecule has 0 aromatic heterocycles. The highest BCUT2D eigenvalue weighted by Crippen LogP contribution is 2.22. The van der Waals surface area contributed by atoms with Gasteiger partial charge in [-0.2, -0.15) is 11.8 Å². The minimum atomic E-state index is 0.0199. The number of nitrogens with one attached hydrogen (secondary N) is 1. The van der Waals surface area contributed by atoms with E-state index in [0.29, 0.717) is 28.1 Å². The molecule has 0 fully saturated rings. The molecule has 1 aromatic carbocycles. The maximum atomic E-state index is 11.7. The number of hydrogen-bond acceptors (Lipinski definition) is 3. The number of benzene rings is 1. The number of anilines is 2. The van der Waals surface area contributed by atoms with Crippen molar-refractivity contribution < 1.29 is 4.79 Å². The van der Waals surface area contributed by atoms with Crippen molar-refractivity contribution in [3.8, 4) is 0 Å². The van der Waals surface area contributed by atoms with Gasteiger partial charge in [-0.1, -0.05) is 25.4 Å². The zero-order valence-corrected chi connectivity index (χ0v) is 13.0. The molecule has 1 unspecified atom stereocenters. The van der Waals surface area contributed by atoms with Crippen LogP contribution in [0.1, 0.15) is 33.1 Å². The Kier molecular flexibility index (Phi) is 7.10. The van der Waals surface area contributed by atoms with Gasteiger partial charge < -0.3 is 11.1 Å². The molecule has 1 amide bonds. The Labute approximate surface area is 124 Å². The molecular formula is C14H21ClN2OS. The van der Waals surface area contributed by atoms with E-state index in [1.807, 2.05) is 11.8 Å². The highest BCUT2D eigenvalue weighted by Gasteiger charge is 2.05. The molecule has 1 aromatic rings. The SMILES string of the molecule is CCC(C)SCCCC(=O)Nc1ccc(Cl)c(N)c1. The lowest BCUT2D eigenvalue weighted by atomic mass is 10.2. The number of nitrogens with two attached hydrogens (primary N) is 1. The van der Waals surface area contributed by atoms with Crippen molar-refractivity contribution in [3.63, 3.8) is 0 Å². The van der Waals surface area contributed by atoms with Crippen molar-refractivity contribution >= 4 is 40.6 Å². The summed E-state index contributed by atoms with van der Waals surface area (Å²) < 4.78 is 0. The number of nitrogen functional groups attached to an aromatic ring is 1. The van der Waals surface area contributed by atoms with Crippen LogP contribution in [-0.2, 0) is 4.79 Å². The molecule has 0 spiro atoms. The van der Waals surface area contributed by atoms with Crippen LogP contribution in [0.25, 0.3) is 0 Å². The summed E-state index contributed by atoms with van der Waals surface area (Å²) in [5.41, 5.74) is 6.85. The summed E-state index contributed by atoms with van der Waals surface area (Å²) >= 11 is 7.73. The van der Waals surface area contributed by atoms with Crippen molar-refractivity contribution in [2.24, 2.45) is 0 Å². The van der Waals surface area contributed by atoms with E-state index in [-0.39, 0.29) is 5.91 Å². The third kappa shape index (κ3) is 6.21. The lowest BCUT2D eigenvalue weighted by molar-refractivity contribution is -0.116. The molecule has 0 saturated carbocycles. The number of carbonyl (C=O) groups excluding carboxylic acids is 1. The van der Waals surface area contributed by atoms with Crippen molar-refractivity contribution in [1.82, 2.24) is 0 Å². The first-order chi connectivity index (χ1) is 9.02. The molecule has 0 heterocycles. The van der Waals surface area contributed by atoms with E-state index in [2.05, 4.69) is 19.2 Å². The molecule has 106 valence electrons. The van der Waals surface area contributed by atoms with Crippen LogP contribution in [-0.4, -0.2) is 16.9 Å². The zero-order chi connectivity index (χ0) is 14.3. The fourth-order valence-electron chi connectivity index (χ4n) is 1.48. The minimum Gasteiger partial charge on any atom is -0.397 e. The third-order valence-electron chi connectivity index (χ3n) is 2.81. The average molecular weight is 301 g/mol. The van der Waals surface area contributed by atoms with E-state index in [4.69, 9.17) is 17.3 Å². The molecule has 19 heavy (non-hydrogen) atoms. The van der Waals surface area contributed by atoms with Crippen LogP contribution in [0.2, 0.25) is 5.02 Å². The number of thioether (sulfide) groups is 1. The molecule has 0 radical (unpaired) electrons. The summed E-state index contributed by atoms with van der Waals surface area (Å²) in [4.78, 5) is 11.7. The van der Waals surface area contributed by atoms with E-state index in [1.54, 1.807) is 18.2 Å². The van der Waals surface area contributed by atoms with E-state index in [0.717, 1.165) is 12.2 Å². The van der Waals surface area contributed by atoms with Crippen molar-refractivity contribution in [2.75, 3.05) is 16.8 Å². The number of rotatable bonds is 7. The summed E-state index contributed by atoms with van der Waals surface area (Å²) in [7, 11) is 0. The van der Waals surface area contributed by atoms with Crippen molar-refractivity contribution in [1.29, 1.82) is 0 Å². The Hall–Kier alpha value is -0.870. The summed E-state index contributed by atoms with van der Waals surface area (Å²) in [5.74, 6) is 1.04. The molecule has 0 aliphatic rings. The number of hydrogen-bond donors (Lipinski definition) is 2. The highest BCUT2D eigenvalue weighted by molar-refractivity contribution is 7.99. The maximum Gasteiger partial charge on any atom is 0.224 e. The Balaban J connectivity index is 2.29. The van der Waals surface area contributed by atoms with Crippen LogP contribution in [0, 0.1) is 0 Å². The third-order valence-corrected chi connectivity index (χ3v) is 4.58. The smallest absolute Gasteiger partial charge is 0.224 e. The first-order valence-electron chi connectivity index (χ1n) is 6.49. The van der Waals surface area contributed by atoms with Crippen LogP contribution in [0.3, 0.4) is 0 Å². The van der Waals surface area contributed by atoms with Gasteiger partial charge in [0.1, 0.15) is 0 Å². The predicted octanol–water partition coefficient (Wildman–Crippen LogP) is 4.17. The Morgan fingerprint density at radius 3 is 2.89 bits per heavy atom. The van der Waals surface area contributed by atoms with E-state index < -0.39 is 0 Å². The van der Waals surface area contributed by atoms with Gasteiger partial charge in [0.05, 0.1) is 10.7 Å². The fraction of sp³-hybridized carbons (Fsp3) is 0.500. The van der Waals surface area contributed by atoms with Gasteiger partial charge in [-0.15, -0.1) is 0 Å². The second-order valence-corrected chi connectivity index (χ2v) is 6.43. The second kappa shape index (κ2) is 8.33. The Bertz CT molecular complexity index is 426. The number of amides is 1. The largest absolute Gasteiger partial charge is 0.397 e. The van der Waals surface area contributed by atoms with Crippen molar-refractivity contribution in [3.05, 3.63) is 23.2 Å². The zero-order valence-electron chi connectivity index (χ0n) is 11.4. The van der Waals surface area contributed by atoms with Crippen molar-refractivity contribution in [2.45, 2.75) is 38.4 Å². The highest BCUT2D eigenvalue weighted by atomic mass is 35.5. The summed E-state index contributed by atoms with van der Waals surface area (Å²) in [6, 6.07) is 5.12. The quantitative estimate of drug-likeness (QED) is 0.587. The van der Waals surface area contributed by atoms with Crippen LogP contribution in [0.5, 0.6) is 0 Å². The van der Waals surface area contributed by atoms with Crippen LogP contribution < -0.4 is 11.1 Å². The van der Waals surface area contributed by atoms with Crippen LogP contribution in [0.4, 0.5) is 11.4 Å². The first kappa shape index (κ1) is 16.2. The van der Waals surface area contributed by atoms with Gasteiger partial charge in [-0.3, -0.25) is 4.79 Å². The second-order valence-electron chi connectivity index (χ2n) is 4.48. The lowest BCUT2D eigenvalue weighted by Crippen LogP contribution is -2.12. The molecule has 0 aliphatic heterocycles. The minimum absolute atomic E-state index is 0.0199. The summed E-state index contributed by atoms with van der Waals surface area (Å²) in [5, 5.41) is 3.99. The summed E-state index contributed by atoms with van der Waals surface area (Å²) in [6.45, 7) is 4.39. The van der Waals surface area contributed by atoms with E-state index in [9.17, 15) is 4.79 Å². The molecule has 1 rings (SSSR count). The maximum absolute atomic E-state index is 11.7. The predicted molar refractivity (Wildman–Crippen MR) is 85.9 cm³/mol. The number of carbonyl (C=O) groups is 1. The van der Waals surface area contributed by atoms with E-state index >= 15 is 0 Å². The fourth-order valence-corrected chi connectivity index (χ4v) is 2.55. The van der Waals surface area contributed by atoms with Gasteiger partial charge in [0.15, 0.2) is 0 Å². The van der Waals surface area contributed by atoms with Gasteiger partial charge in [-0.25, -0.2) is 0 Å². The molecule has 0 bridgehead atoms.